The number of sulfonamides is 1. The molecule has 0 saturated carbocycles. The van der Waals surface area contributed by atoms with Crippen LogP contribution < -0.4 is 9.62 Å². The summed E-state index contributed by atoms with van der Waals surface area (Å²) in [6, 6.07) is 5.94. The van der Waals surface area contributed by atoms with Crippen LogP contribution in [0.2, 0.25) is 0 Å². The number of nitrogens with zero attached hydrogens (tertiary/aromatic N) is 1. The van der Waals surface area contributed by atoms with E-state index in [0.29, 0.717) is 12.3 Å². The second-order valence-electron chi connectivity index (χ2n) is 5.22. The molecule has 1 aliphatic rings. The van der Waals surface area contributed by atoms with E-state index < -0.39 is 15.8 Å². The predicted molar refractivity (Wildman–Crippen MR) is 78.8 cm³/mol. The van der Waals surface area contributed by atoms with Gasteiger partial charge in [0.1, 0.15) is 5.82 Å². The molecular weight excluding hydrogens is 279 g/mol. The van der Waals surface area contributed by atoms with Crippen LogP contribution in [0.15, 0.2) is 24.3 Å². The number of benzene rings is 1. The summed E-state index contributed by atoms with van der Waals surface area (Å²) in [5.41, 5.74) is 0.109. The minimum Gasteiger partial charge on any atom is -0.317 e. The van der Waals surface area contributed by atoms with Crippen LogP contribution in [0.4, 0.5) is 10.1 Å². The monoisotopic (exact) mass is 300 g/mol. The van der Waals surface area contributed by atoms with Gasteiger partial charge in [-0.05, 0) is 50.4 Å². The normalized spacial score (nSPS) is 17.1. The highest BCUT2D eigenvalue weighted by molar-refractivity contribution is 7.92. The van der Waals surface area contributed by atoms with Crippen molar-refractivity contribution in [2.45, 2.75) is 19.3 Å². The first-order chi connectivity index (χ1) is 9.50. The number of para-hydroxylation sites is 1. The van der Waals surface area contributed by atoms with E-state index >= 15 is 0 Å². The van der Waals surface area contributed by atoms with Gasteiger partial charge in [-0.2, -0.15) is 0 Å². The quantitative estimate of drug-likeness (QED) is 0.904. The molecule has 1 heterocycles. The number of halogens is 1. The highest BCUT2D eigenvalue weighted by atomic mass is 32.2. The Morgan fingerprint density at radius 3 is 2.60 bits per heavy atom. The molecule has 1 aromatic carbocycles. The molecule has 0 atom stereocenters. The summed E-state index contributed by atoms with van der Waals surface area (Å²) in [6.07, 6.45) is 2.67. The van der Waals surface area contributed by atoms with E-state index in [1.807, 2.05) is 0 Å². The molecule has 0 aromatic heterocycles. The van der Waals surface area contributed by atoms with E-state index in [1.165, 1.54) is 19.2 Å². The van der Waals surface area contributed by atoms with Gasteiger partial charge in [-0.3, -0.25) is 4.31 Å². The standard InChI is InChI=1S/C14H21FN2O2S/c1-17(14-5-3-2-4-13(14)15)20(18,19)11-8-12-6-9-16-10-7-12/h2-5,12,16H,6-11H2,1H3. The van der Waals surface area contributed by atoms with E-state index in [2.05, 4.69) is 5.32 Å². The van der Waals surface area contributed by atoms with Crippen LogP contribution in [-0.4, -0.2) is 34.3 Å². The Labute approximate surface area is 120 Å². The van der Waals surface area contributed by atoms with Gasteiger partial charge in [0, 0.05) is 7.05 Å². The molecule has 6 heteroatoms. The molecule has 4 nitrogen and oxygen atoms in total. The summed E-state index contributed by atoms with van der Waals surface area (Å²) in [4.78, 5) is 0. The van der Waals surface area contributed by atoms with Crippen LogP contribution in [0.1, 0.15) is 19.3 Å². The van der Waals surface area contributed by atoms with E-state index in [-0.39, 0.29) is 11.4 Å². The Bertz CT molecular complexity index is 542. The third-order valence-electron chi connectivity index (χ3n) is 3.85. The topological polar surface area (TPSA) is 49.4 Å². The molecule has 20 heavy (non-hydrogen) atoms. The van der Waals surface area contributed by atoms with Gasteiger partial charge in [-0.15, -0.1) is 0 Å². The zero-order valence-electron chi connectivity index (χ0n) is 11.7. The summed E-state index contributed by atoms with van der Waals surface area (Å²) < 4.78 is 39.2. The first-order valence-corrected chi connectivity index (χ1v) is 8.53. The average Bonchev–Trinajstić information content (AvgIpc) is 2.46. The summed E-state index contributed by atoms with van der Waals surface area (Å²) in [6.45, 7) is 1.90. The number of hydrogen-bond donors (Lipinski definition) is 1. The number of rotatable bonds is 5. The predicted octanol–water partition coefficient (Wildman–Crippen LogP) is 1.98. The fourth-order valence-electron chi connectivity index (χ4n) is 2.48. The van der Waals surface area contributed by atoms with Crippen LogP contribution >= 0.6 is 0 Å². The maximum atomic E-state index is 13.7. The summed E-state index contributed by atoms with van der Waals surface area (Å²) in [5, 5.41) is 3.26. The number of hydrogen-bond acceptors (Lipinski definition) is 3. The Morgan fingerprint density at radius 1 is 1.30 bits per heavy atom. The first kappa shape index (κ1) is 15.3. The fourth-order valence-corrected chi connectivity index (χ4v) is 3.83. The summed E-state index contributed by atoms with van der Waals surface area (Å²) in [7, 11) is -2.05. The average molecular weight is 300 g/mol. The molecule has 1 saturated heterocycles. The number of piperidine rings is 1. The Balaban J connectivity index is 2.00. The smallest absolute Gasteiger partial charge is 0.234 e. The molecule has 1 N–H and O–H groups in total. The Morgan fingerprint density at radius 2 is 1.95 bits per heavy atom. The van der Waals surface area contributed by atoms with Crippen molar-refractivity contribution >= 4 is 15.7 Å². The molecule has 0 bridgehead atoms. The molecule has 0 amide bonds. The van der Waals surface area contributed by atoms with Gasteiger partial charge in [0.2, 0.25) is 10.0 Å². The highest BCUT2D eigenvalue weighted by Crippen LogP contribution is 2.23. The van der Waals surface area contributed by atoms with Gasteiger partial charge < -0.3 is 5.32 Å². The van der Waals surface area contributed by atoms with Crippen molar-refractivity contribution in [2.75, 3.05) is 30.2 Å². The number of nitrogens with one attached hydrogen (secondary N) is 1. The highest BCUT2D eigenvalue weighted by Gasteiger charge is 2.23. The lowest BCUT2D eigenvalue weighted by molar-refractivity contribution is 0.365. The first-order valence-electron chi connectivity index (χ1n) is 6.92. The molecule has 2 rings (SSSR count). The second kappa shape index (κ2) is 6.54. The van der Waals surface area contributed by atoms with Crippen LogP contribution in [0, 0.1) is 11.7 Å². The van der Waals surface area contributed by atoms with E-state index in [1.54, 1.807) is 12.1 Å². The SMILES string of the molecule is CN(c1ccccc1F)S(=O)(=O)CCC1CCNCC1. The van der Waals surface area contributed by atoms with Gasteiger partial charge in [0.15, 0.2) is 0 Å². The van der Waals surface area contributed by atoms with E-state index in [0.717, 1.165) is 30.2 Å². The van der Waals surface area contributed by atoms with Crippen molar-refractivity contribution in [3.05, 3.63) is 30.1 Å². The third-order valence-corrected chi connectivity index (χ3v) is 5.63. The van der Waals surface area contributed by atoms with Gasteiger partial charge >= 0.3 is 0 Å². The van der Waals surface area contributed by atoms with Crippen molar-refractivity contribution in [3.63, 3.8) is 0 Å². The van der Waals surface area contributed by atoms with Gasteiger partial charge in [0.05, 0.1) is 11.4 Å². The lowest BCUT2D eigenvalue weighted by Crippen LogP contribution is -2.33. The Kier molecular flexibility index (Phi) is 4.99. The van der Waals surface area contributed by atoms with Crippen molar-refractivity contribution in [3.8, 4) is 0 Å². The van der Waals surface area contributed by atoms with Crippen LogP contribution in [-0.2, 0) is 10.0 Å². The molecule has 1 fully saturated rings. The molecule has 0 radical (unpaired) electrons. The third kappa shape index (κ3) is 3.70. The summed E-state index contributed by atoms with van der Waals surface area (Å²) in [5.74, 6) is 0.00293. The molecule has 0 unspecified atom stereocenters. The van der Waals surface area contributed by atoms with Gasteiger partial charge in [-0.1, -0.05) is 12.1 Å². The van der Waals surface area contributed by atoms with Crippen molar-refractivity contribution in [1.29, 1.82) is 0 Å². The van der Waals surface area contributed by atoms with Crippen LogP contribution in [0.25, 0.3) is 0 Å². The molecule has 1 aliphatic heterocycles. The maximum Gasteiger partial charge on any atom is 0.234 e. The zero-order chi connectivity index (χ0) is 14.6. The Hall–Kier alpha value is -1.14. The molecule has 0 spiro atoms. The fraction of sp³-hybridized carbons (Fsp3) is 0.571. The van der Waals surface area contributed by atoms with Crippen molar-refractivity contribution in [1.82, 2.24) is 5.32 Å². The minimum atomic E-state index is -3.46. The number of anilines is 1. The van der Waals surface area contributed by atoms with Gasteiger partial charge in [0.25, 0.3) is 0 Å². The summed E-state index contributed by atoms with van der Waals surface area (Å²) >= 11 is 0. The van der Waals surface area contributed by atoms with E-state index in [4.69, 9.17) is 0 Å². The largest absolute Gasteiger partial charge is 0.317 e. The lowest BCUT2D eigenvalue weighted by atomic mass is 9.96. The van der Waals surface area contributed by atoms with Crippen molar-refractivity contribution < 1.29 is 12.8 Å². The van der Waals surface area contributed by atoms with Crippen molar-refractivity contribution in [2.24, 2.45) is 5.92 Å². The zero-order valence-corrected chi connectivity index (χ0v) is 12.5. The lowest BCUT2D eigenvalue weighted by Gasteiger charge is -2.24. The maximum absolute atomic E-state index is 13.7. The van der Waals surface area contributed by atoms with Crippen LogP contribution in [0.3, 0.4) is 0 Å². The minimum absolute atomic E-state index is 0.0719. The van der Waals surface area contributed by atoms with Crippen LogP contribution in [0.5, 0.6) is 0 Å². The second-order valence-corrected chi connectivity index (χ2v) is 7.34. The molecule has 0 aliphatic carbocycles. The molecule has 112 valence electrons. The van der Waals surface area contributed by atoms with Gasteiger partial charge in [-0.25, -0.2) is 12.8 Å². The molecular formula is C14H21FN2O2S. The molecule has 1 aromatic rings. The van der Waals surface area contributed by atoms with E-state index in [9.17, 15) is 12.8 Å².